The van der Waals surface area contributed by atoms with E-state index in [1.165, 1.54) is 64.7 Å². The number of piperidine rings is 1. The number of fused-ring (bicyclic) bond motifs is 1. The summed E-state index contributed by atoms with van der Waals surface area (Å²) in [4.78, 5) is 2.85. The summed E-state index contributed by atoms with van der Waals surface area (Å²) in [5.41, 5.74) is 0.798. The van der Waals surface area contributed by atoms with E-state index in [0.717, 1.165) is 29.2 Å². The van der Waals surface area contributed by atoms with Crippen molar-refractivity contribution in [2.45, 2.75) is 51.5 Å². The molecule has 2 heteroatoms. The van der Waals surface area contributed by atoms with Gasteiger partial charge >= 0.3 is 0 Å². The molecule has 4 rings (SSSR count). The first kappa shape index (κ1) is 11.7. The number of rotatable bonds is 1. The van der Waals surface area contributed by atoms with Crippen LogP contribution >= 0.6 is 0 Å². The molecule has 0 aromatic heterocycles. The molecule has 2 saturated carbocycles. The molecule has 0 bridgehead atoms. The molecule has 0 radical (unpaired) electrons. The van der Waals surface area contributed by atoms with Crippen molar-refractivity contribution in [3.05, 3.63) is 0 Å². The second-order valence-electron chi connectivity index (χ2n) is 7.85. The van der Waals surface area contributed by atoms with Crippen molar-refractivity contribution in [3.8, 4) is 0 Å². The van der Waals surface area contributed by atoms with Gasteiger partial charge in [0.15, 0.2) is 0 Å². The van der Waals surface area contributed by atoms with Gasteiger partial charge in [-0.15, -0.1) is 0 Å². The van der Waals surface area contributed by atoms with Gasteiger partial charge in [0, 0.05) is 6.04 Å². The minimum atomic E-state index is 0.798. The van der Waals surface area contributed by atoms with Gasteiger partial charge in [-0.25, -0.2) is 0 Å². The van der Waals surface area contributed by atoms with Gasteiger partial charge in [0.1, 0.15) is 0 Å². The largest absolute Gasteiger partial charge is 0.316 e. The number of hydrogen-bond donors (Lipinski definition) is 1. The molecule has 0 aromatic carbocycles. The van der Waals surface area contributed by atoms with Crippen molar-refractivity contribution in [3.63, 3.8) is 0 Å². The van der Waals surface area contributed by atoms with Crippen molar-refractivity contribution in [2.24, 2.45) is 23.2 Å². The van der Waals surface area contributed by atoms with Gasteiger partial charge in [-0.1, -0.05) is 6.92 Å². The number of likely N-dealkylation sites (tertiary alicyclic amines) is 1. The lowest BCUT2D eigenvalue weighted by Crippen LogP contribution is -2.49. The Morgan fingerprint density at radius 1 is 1.00 bits per heavy atom. The minimum absolute atomic E-state index is 0.798. The first-order valence-electron chi connectivity index (χ1n) is 8.19. The summed E-state index contributed by atoms with van der Waals surface area (Å²) in [7, 11) is 0. The Morgan fingerprint density at radius 3 is 2.17 bits per heavy atom. The summed E-state index contributed by atoms with van der Waals surface area (Å²) in [6.07, 6.45) is 9.03. The van der Waals surface area contributed by atoms with Gasteiger partial charge in [0.25, 0.3) is 0 Å². The maximum Gasteiger partial charge on any atom is 0.0102 e. The summed E-state index contributed by atoms with van der Waals surface area (Å²) < 4.78 is 0. The van der Waals surface area contributed by atoms with Gasteiger partial charge in [0.2, 0.25) is 0 Å². The Morgan fingerprint density at radius 2 is 1.61 bits per heavy atom. The van der Waals surface area contributed by atoms with Crippen molar-refractivity contribution in [2.75, 3.05) is 26.2 Å². The van der Waals surface area contributed by atoms with Crippen LogP contribution in [0.25, 0.3) is 0 Å². The Bertz CT molecular complexity index is 299. The number of nitrogens with zero attached hydrogens (tertiary/aromatic N) is 1. The zero-order valence-electron chi connectivity index (χ0n) is 11.8. The molecule has 4 aliphatic rings. The first-order valence-corrected chi connectivity index (χ1v) is 8.19. The number of nitrogens with one attached hydrogen (secondary N) is 1. The molecular formula is C16H28N2. The van der Waals surface area contributed by atoms with Crippen LogP contribution < -0.4 is 5.32 Å². The van der Waals surface area contributed by atoms with Crippen LogP contribution in [0, 0.1) is 23.2 Å². The van der Waals surface area contributed by atoms with Crippen LogP contribution in [0.2, 0.25) is 0 Å². The van der Waals surface area contributed by atoms with E-state index in [4.69, 9.17) is 0 Å². The summed E-state index contributed by atoms with van der Waals surface area (Å²) in [5, 5.41) is 3.57. The highest BCUT2D eigenvalue weighted by atomic mass is 15.2. The van der Waals surface area contributed by atoms with Crippen LogP contribution in [-0.4, -0.2) is 37.1 Å². The lowest BCUT2D eigenvalue weighted by atomic mass is 9.58. The highest BCUT2D eigenvalue weighted by molar-refractivity contribution is 4.99. The molecule has 0 amide bonds. The maximum atomic E-state index is 3.57. The fraction of sp³-hybridized carbons (Fsp3) is 1.00. The molecule has 1 spiro atoms. The second-order valence-corrected chi connectivity index (χ2v) is 7.85. The van der Waals surface area contributed by atoms with E-state index in [1.54, 1.807) is 0 Å². The molecule has 1 N–H and O–H groups in total. The number of hydrogen-bond acceptors (Lipinski definition) is 2. The quantitative estimate of drug-likeness (QED) is 0.767. The van der Waals surface area contributed by atoms with E-state index >= 15 is 0 Å². The first-order chi connectivity index (χ1) is 8.74. The summed E-state index contributed by atoms with van der Waals surface area (Å²) in [6, 6.07) is 0.942. The normalized spacial score (nSPS) is 44.2. The second kappa shape index (κ2) is 4.21. The van der Waals surface area contributed by atoms with Crippen LogP contribution in [0.4, 0.5) is 0 Å². The summed E-state index contributed by atoms with van der Waals surface area (Å²) in [5.74, 6) is 3.04. The van der Waals surface area contributed by atoms with Crippen LogP contribution in [-0.2, 0) is 0 Å². The van der Waals surface area contributed by atoms with E-state index in [-0.39, 0.29) is 0 Å². The predicted molar refractivity (Wildman–Crippen MR) is 74.5 cm³/mol. The van der Waals surface area contributed by atoms with Gasteiger partial charge in [-0.2, -0.15) is 0 Å². The van der Waals surface area contributed by atoms with Gasteiger partial charge in [-0.3, -0.25) is 0 Å². The van der Waals surface area contributed by atoms with Gasteiger partial charge < -0.3 is 10.2 Å². The molecule has 3 atom stereocenters. The van der Waals surface area contributed by atoms with Crippen LogP contribution in [0.1, 0.15) is 45.4 Å². The Kier molecular flexibility index (Phi) is 2.74. The van der Waals surface area contributed by atoms with Gasteiger partial charge in [-0.05, 0) is 87.9 Å². The molecule has 2 aliphatic carbocycles. The topological polar surface area (TPSA) is 15.3 Å². The Labute approximate surface area is 111 Å². The smallest absolute Gasteiger partial charge is 0.0102 e. The van der Waals surface area contributed by atoms with Crippen molar-refractivity contribution in [1.29, 1.82) is 0 Å². The standard InChI is InChI=1S/C16H28N2/c1-12-8-16(9-12)2-4-18(5-3-16)15-6-13-10-17-11-14(13)7-15/h12-15,17H,2-11H2,1H3/t13-,14+,15?. The average Bonchev–Trinajstić information content (AvgIpc) is 2.88. The van der Waals surface area contributed by atoms with Gasteiger partial charge in [0.05, 0.1) is 0 Å². The monoisotopic (exact) mass is 248 g/mol. The van der Waals surface area contributed by atoms with E-state index in [9.17, 15) is 0 Å². The molecule has 1 unspecified atom stereocenters. The van der Waals surface area contributed by atoms with E-state index in [0.29, 0.717) is 0 Å². The fourth-order valence-electron chi connectivity index (χ4n) is 5.62. The third-order valence-electron chi connectivity index (χ3n) is 6.57. The zero-order valence-corrected chi connectivity index (χ0v) is 11.8. The maximum absolute atomic E-state index is 3.57. The van der Waals surface area contributed by atoms with Crippen molar-refractivity contribution >= 4 is 0 Å². The SMILES string of the molecule is CC1CC2(CCN(C3C[C@H]4CNC[C@H]4C3)CC2)C1. The Balaban J connectivity index is 1.32. The molecular weight excluding hydrogens is 220 g/mol. The van der Waals surface area contributed by atoms with E-state index in [2.05, 4.69) is 17.1 Å². The highest BCUT2D eigenvalue weighted by Gasteiger charge is 2.46. The van der Waals surface area contributed by atoms with E-state index in [1.807, 2.05) is 0 Å². The Hall–Kier alpha value is -0.0800. The predicted octanol–water partition coefficient (Wildman–Crippen LogP) is 2.50. The molecule has 4 fully saturated rings. The molecule has 18 heavy (non-hydrogen) atoms. The fourth-order valence-corrected chi connectivity index (χ4v) is 5.62. The lowest BCUT2D eigenvalue weighted by molar-refractivity contribution is -0.0178. The van der Waals surface area contributed by atoms with Crippen LogP contribution in [0.15, 0.2) is 0 Å². The molecule has 102 valence electrons. The molecule has 2 heterocycles. The highest BCUT2D eigenvalue weighted by Crippen LogP contribution is 2.53. The van der Waals surface area contributed by atoms with E-state index < -0.39 is 0 Å². The summed E-state index contributed by atoms with van der Waals surface area (Å²) in [6.45, 7) is 7.85. The zero-order chi connectivity index (χ0) is 12.2. The van der Waals surface area contributed by atoms with Crippen molar-refractivity contribution < 1.29 is 0 Å². The average molecular weight is 248 g/mol. The third-order valence-corrected chi connectivity index (χ3v) is 6.57. The molecule has 2 aliphatic heterocycles. The molecule has 2 saturated heterocycles. The summed E-state index contributed by atoms with van der Waals surface area (Å²) >= 11 is 0. The van der Waals surface area contributed by atoms with Crippen molar-refractivity contribution in [1.82, 2.24) is 10.2 Å². The minimum Gasteiger partial charge on any atom is -0.316 e. The third kappa shape index (κ3) is 1.84. The van der Waals surface area contributed by atoms with Crippen LogP contribution in [0.3, 0.4) is 0 Å². The van der Waals surface area contributed by atoms with Crippen LogP contribution in [0.5, 0.6) is 0 Å². The molecule has 0 aromatic rings. The lowest BCUT2D eigenvalue weighted by Gasteiger charge is -2.52. The molecule has 2 nitrogen and oxygen atoms in total.